The van der Waals surface area contributed by atoms with Crippen LogP contribution in [-0.2, 0) is 15.8 Å². The van der Waals surface area contributed by atoms with Crippen molar-refractivity contribution in [1.29, 1.82) is 0 Å². The molecular formula is C17H14ClF3N4O2. The second-order valence-corrected chi connectivity index (χ2v) is 5.73. The zero-order chi connectivity index (χ0) is 19.9. The van der Waals surface area contributed by atoms with Gasteiger partial charge < -0.3 is 5.32 Å². The highest BCUT2D eigenvalue weighted by atomic mass is 35.5. The summed E-state index contributed by atoms with van der Waals surface area (Å²) in [6.07, 6.45) is -0.496. The molecule has 0 spiro atoms. The van der Waals surface area contributed by atoms with Crippen molar-refractivity contribution in [1.82, 2.24) is 10.4 Å². The number of pyridine rings is 1. The molecule has 2 amide bonds. The minimum atomic E-state index is -4.56. The van der Waals surface area contributed by atoms with Gasteiger partial charge in [-0.3, -0.25) is 14.6 Å². The summed E-state index contributed by atoms with van der Waals surface area (Å²) in [7, 11) is 0. The molecular weight excluding hydrogens is 385 g/mol. The maximum Gasteiger partial charge on any atom is 0.416 e. The van der Waals surface area contributed by atoms with Gasteiger partial charge in [0, 0.05) is 30.8 Å². The van der Waals surface area contributed by atoms with Crippen LogP contribution in [-0.4, -0.2) is 23.0 Å². The summed E-state index contributed by atoms with van der Waals surface area (Å²) in [6.45, 7) is 0. The van der Waals surface area contributed by atoms with Crippen LogP contribution < -0.4 is 10.7 Å². The highest BCUT2D eigenvalue weighted by Gasteiger charge is 2.31. The number of hydrazone groups is 1. The van der Waals surface area contributed by atoms with E-state index in [9.17, 15) is 22.8 Å². The Morgan fingerprint density at radius 1 is 1.19 bits per heavy atom. The van der Waals surface area contributed by atoms with Crippen LogP contribution in [0, 0.1) is 0 Å². The first-order valence-electron chi connectivity index (χ1n) is 7.64. The largest absolute Gasteiger partial charge is 0.416 e. The molecule has 10 heteroatoms. The molecule has 1 aromatic carbocycles. The van der Waals surface area contributed by atoms with Crippen LogP contribution in [0.2, 0.25) is 5.02 Å². The number of amides is 2. The van der Waals surface area contributed by atoms with E-state index in [1.165, 1.54) is 6.21 Å². The van der Waals surface area contributed by atoms with E-state index in [0.29, 0.717) is 5.56 Å². The van der Waals surface area contributed by atoms with Crippen LogP contribution in [0.15, 0.2) is 47.8 Å². The van der Waals surface area contributed by atoms with Gasteiger partial charge in [-0.15, -0.1) is 0 Å². The predicted octanol–water partition coefficient (Wildman–Crippen LogP) is 3.62. The third-order valence-corrected chi connectivity index (χ3v) is 3.56. The molecule has 1 aromatic heterocycles. The summed E-state index contributed by atoms with van der Waals surface area (Å²) < 4.78 is 38.1. The average Bonchev–Trinajstić information content (AvgIpc) is 2.62. The highest BCUT2D eigenvalue weighted by molar-refractivity contribution is 6.33. The first-order valence-corrected chi connectivity index (χ1v) is 8.02. The SMILES string of the molecule is O=C(CCC(=O)Nc1cc(C(F)(F)F)ccc1Cl)N/N=C/c1cccnc1. The van der Waals surface area contributed by atoms with Crippen molar-refractivity contribution in [2.75, 3.05) is 5.32 Å². The molecule has 6 nitrogen and oxygen atoms in total. The molecule has 0 bridgehead atoms. The average molecular weight is 399 g/mol. The number of hydrogen-bond donors (Lipinski definition) is 2. The number of nitrogens with one attached hydrogen (secondary N) is 2. The fourth-order valence-electron chi connectivity index (χ4n) is 1.92. The molecule has 0 saturated carbocycles. The van der Waals surface area contributed by atoms with E-state index < -0.39 is 23.6 Å². The van der Waals surface area contributed by atoms with E-state index in [-0.39, 0.29) is 23.6 Å². The Labute approximate surface area is 157 Å². The smallest absolute Gasteiger partial charge is 0.325 e. The lowest BCUT2D eigenvalue weighted by Gasteiger charge is -2.11. The van der Waals surface area contributed by atoms with Crippen molar-refractivity contribution in [3.05, 3.63) is 58.9 Å². The van der Waals surface area contributed by atoms with E-state index in [1.807, 2.05) is 0 Å². The van der Waals surface area contributed by atoms with Crippen LogP contribution in [0.1, 0.15) is 24.0 Å². The normalized spacial score (nSPS) is 11.4. The molecule has 0 unspecified atom stereocenters. The van der Waals surface area contributed by atoms with Gasteiger partial charge in [-0.05, 0) is 24.3 Å². The van der Waals surface area contributed by atoms with E-state index in [2.05, 4.69) is 20.8 Å². The summed E-state index contributed by atoms with van der Waals surface area (Å²) in [5.74, 6) is -1.18. The third-order valence-electron chi connectivity index (χ3n) is 3.23. The van der Waals surface area contributed by atoms with Gasteiger partial charge in [0.1, 0.15) is 0 Å². The fraction of sp³-hybridized carbons (Fsp3) is 0.176. The van der Waals surface area contributed by atoms with Gasteiger partial charge in [-0.2, -0.15) is 18.3 Å². The lowest BCUT2D eigenvalue weighted by atomic mass is 10.2. The van der Waals surface area contributed by atoms with Gasteiger partial charge in [0.2, 0.25) is 11.8 Å². The van der Waals surface area contributed by atoms with Crippen LogP contribution in [0.25, 0.3) is 0 Å². The summed E-state index contributed by atoms with van der Waals surface area (Å²) in [5.41, 5.74) is 1.80. The number of carbonyl (C=O) groups is 2. The number of aromatic nitrogens is 1. The van der Waals surface area contributed by atoms with Crippen LogP contribution >= 0.6 is 11.6 Å². The van der Waals surface area contributed by atoms with E-state index in [1.54, 1.807) is 24.5 Å². The third kappa shape index (κ3) is 6.70. The highest BCUT2D eigenvalue weighted by Crippen LogP contribution is 2.33. The summed E-state index contributed by atoms with van der Waals surface area (Å²) in [4.78, 5) is 27.4. The summed E-state index contributed by atoms with van der Waals surface area (Å²) in [5, 5.41) is 5.94. The van der Waals surface area contributed by atoms with Gasteiger partial charge in [0.25, 0.3) is 0 Å². The lowest BCUT2D eigenvalue weighted by molar-refractivity contribution is -0.137. The maximum atomic E-state index is 12.7. The molecule has 0 fully saturated rings. The zero-order valence-electron chi connectivity index (χ0n) is 13.8. The molecule has 0 radical (unpaired) electrons. The number of carbonyl (C=O) groups excluding carboxylic acids is 2. The molecule has 0 aliphatic carbocycles. The van der Waals surface area contributed by atoms with E-state index in [4.69, 9.17) is 11.6 Å². The van der Waals surface area contributed by atoms with E-state index >= 15 is 0 Å². The van der Waals surface area contributed by atoms with Gasteiger partial charge in [0.05, 0.1) is 22.5 Å². The number of nitrogens with zero attached hydrogens (tertiary/aromatic N) is 2. The summed E-state index contributed by atoms with van der Waals surface area (Å²) in [6, 6.07) is 6.02. The first-order chi connectivity index (χ1) is 12.8. The molecule has 0 atom stereocenters. The topological polar surface area (TPSA) is 83.5 Å². The molecule has 1 heterocycles. The van der Waals surface area contributed by atoms with Crippen LogP contribution in [0.4, 0.5) is 18.9 Å². The van der Waals surface area contributed by atoms with Crippen molar-refractivity contribution >= 4 is 35.3 Å². The molecule has 27 heavy (non-hydrogen) atoms. The lowest BCUT2D eigenvalue weighted by Crippen LogP contribution is -2.21. The van der Waals surface area contributed by atoms with Crippen molar-refractivity contribution in [3.63, 3.8) is 0 Å². The Balaban J connectivity index is 1.84. The molecule has 0 saturated heterocycles. The number of benzene rings is 1. The van der Waals surface area contributed by atoms with Crippen LogP contribution in [0.3, 0.4) is 0 Å². The van der Waals surface area contributed by atoms with Crippen molar-refractivity contribution in [2.45, 2.75) is 19.0 Å². The van der Waals surface area contributed by atoms with Crippen molar-refractivity contribution < 1.29 is 22.8 Å². The van der Waals surface area contributed by atoms with Crippen LogP contribution in [0.5, 0.6) is 0 Å². The minimum Gasteiger partial charge on any atom is -0.325 e. The maximum absolute atomic E-state index is 12.7. The Bertz CT molecular complexity index is 842. The van der Waals surface area contributed by atoms with Gasteiger partial charge in [-0.25, -0.2) is 5.43 Å². The first kappa shape index (κ1) is 20.4. The second-order valence-electron chi connectivity index (χ2n) is 5.32. The minimum absolute atomic E-state index is 0.0399. The summed E-state index contributed by atoms with van der Waals surface area (Å²) >= 11 is 5.79. The molecule has 142 valence electrons. The number of halogens is 4. The Morgan fingerprint density at radius 3 is 2.59 bits per heavy atom. The van der Waals surface area contributed by atoms with Gasteiger partial charge in [-0.1, -0.05) is 17.7 Å². The van der Waals surface area contributed by atoms with Gasteiger partial charge in [0.15, 0.2) is 0 Å². The number of anilines is 1. The Morgan fingerprint density at radius 2 is 1.93 bits per heavy atom. The van der Waals surface area contributed by atoms with Crippen molar-refractivity contribution in [3.8, 4) is 0 Å². The molecule has 2 N–H and O–H groups in total. The van der Waals surface area contributed by atoms with Crippen molar-refractivity contribution in [2.24, 2.45) is 5.10 Å². The Hall–Kier alpha value is -2.94. The number of rotatable bonds is 6. The Kier molecular flexibility index (Phi) is 6.89. The second kappa shape index (κ2) is 9.13. The molecule has 0 aliphatic rings. The predicted molar refractivity (Wildman–Crippen MR) is 94.3 cm³/mol. The van der Waals surface area contributed by atoms with E-state index in [0.717, 1.165) is 18.2 Å². The standard InChI is InChI=1S/C17H14ClF3N4O2/c18-13-4-3-12(17(19,20)21)8-14(13)24-15(26)5-6-16(27)25-23-10-11-2-1-7-22-9-11/h1-4,7-10H,5-6H2,(H,24,26)(H,25,27)/b23-10+. The number of hydrogen-bond acceptors (Lipinski definition) is 4. The fourth-order valence-corrected chi connectivity index (χ4v) is 2.09. The molecule has 2 rings (SSSR count). The molecule has 0 aliphatic heterocycles. The zero-order valence-corrected chi connectivity index (χ0v) is 14.5. The monoisotopic (exact) mass is 398 g/mol. The number of alkyl halides is 3. The van der Waals surface area contributed by atoms with Gasteiger partial charge >= 0.3 is 6.18 Å². The molecule has 2 aromatic rings. The quantitative estimate of drug-likeness (QED) is 0.575.